The molecule has 1 aliphatic heterocycles. The average Bonchev–Trinajstić information content (AvgIpc) is 2.76. The molecule has 0 saturated carbocycles. The van der Waals surface area contributed by atoms with E-state index in [9.17, 15) is 0 Å². The van der Waals surface area contributed by atoms with Crippen LogP contribution in [0.2, 0.25) is 0 Å². The molecule has 0 bridgehead atoms. The molecule has 0 radical (unpaired) electrons. The zero-order valence-electron chi connectivity index (χ0n) is 15.9. The van der Waals surface area contributed by atoms with Crippen molar-refractivity contribution in [3.05, 3.63) is 108 Å². The molecule has 27 heavy (non-hydrogen) atoms. The van der Waals surface area contributed by atoms with Crippen molar-refractivity contribution in [2.75, 3.05) is 32.7 Å². The van der Waals surface area contributed by atoms with Crippen molar-refractivity contribution in [1.29, 1.82) is 0 Å². The molecule has 1 saturated heterocycles. The van der Waals surface area contributed by atoms with E-state index >= 15 is 0 Å². The lowest BCUT2D eigenvalue weighted by molar-refractivity contribution is 0.110. The SMILES string of the molecule is c1ccc(CCN2CCN(C(c3ccccc3)c3ccccc3)CC2)cc1. The van der Waals surface area contributed by atoms with Crippen LogP contribution in [0.15, 0.2) is 91.0 Å². The first-order valence-corrected chi connectivity index (χ1v) is 10.0. The van der Waals surface area contributed by atoms with E-state index in [-0.39, 0.29) is 0 Å². The van der Waals surface area contributed by atoms with Crippen LogP contribution in [-0.2, 0) is 6.42 Å². The van der Waals surface area contributed by atoms with Gasteiger partial charge in [0.05, 0.1) is 6.04 Å². The van der Waals surface area contributed by atoms with Gasteiger partial charge in [-0.05, 0) is 23.1 Å². The van der Waals surface area contributed by atoms with Crippen LogP contribution in [0, 0.1) is 0 Å². The predicted molar refractivity (Wildman–Crippen MR) is 113 cm³/mol. The average molecular weight is 357 g/mol. The Morgan fingerprint density at radius 1 is 0.593 bits per heavy atom. The first kappa shape index (κ1) is 18.0. The third kappa shape index (κ3) is 4.65. The van der Waals surface area contributed by atoms with Crippen LogP contribution >= 0.6 is 0 Å². The van der Waals surface area contributed by atoms with Crippen LogP contribution in [-0.4, -0.2) is 42.5 Å². The van der Waals surface area contributed by atoms with Gasteiger partial charge in [-0.15, -0.1) is 0 Å². The maximum Gasteiger partial charge on any atom is 0.0602 e. The van der Waals surface area contributed by atoms with E-state index in [0.29, 0.717) is 6.04 Å². The molecule has 1 heterocycles. The second kappa shape index (κ2) is 8.98. The monoisotopic (exact) mass is 356 g/mol. The Morgan fingerprint density at radius 2 is 1.07 bits per heavy atom. The van der Waals surface area contributed by atoms with Gasteiger partial charge in [-0.25, -0.2) is 0 Å². The van der Waals surface area contributed by atoms with Crippen molar-refractivity contribution in [3.8, 4) is 0 Å². The van der Waals surface area contributed by atoms with Gasteiger partial charge in [0.25, 0.3) is 0 Å². The van der Waals surface area contributed by atoms with Gasteiger partial charge in [0.2, 0.25) is 0 Å². The van der Waals surface area contributed by atoms with Crippen molar-refractivity contribution in [1.82, 2.24) is 9.80 Å². The normalized spacial score (nSPS) is 15.9. The molecule has 0 unspecified atom stereocenters. The number of hydrogen-bond donors (Lipinski definition) is 0. The van der Waals surface area contributed by atoms with Gasteiger partial charge in [0, 0.05) is 32.7 Å². The number of hydrogen-bond acceptors (Lipinski definition) is 2. The summed E-state index contributed by atoms with van der Waals surface area (Å²) in [6, 6.07) is 33.1. The summed E-state index contributed by atoms with van der Waals surface area (Å²) in [5.41, 5.74) is 4.22. The largest absolute Gasteiger partial charge is 0.300 e. The Morgan fingerprint density at radius 3 is 1.59 bits per heavy atom. The van der Waals surface area contributed by atoms with Gasteiger partial charge in [-0.1, -0.05) is 91.0 Å². The van der Waals surface area contributed by atoms with Crippen LogP contribution < -0.4 is 0 Å². The minimum Gasteiger partial charge on any atom is -0.300 e. The third-order valence-electron chi connectivity index (χ3n) is 5.56. The second-order valence-corrected chi connectivity index (χ2v) is 7.34. The minimum atomic E-state index is 0.351. The number of nitrogens with zero attached hydrogens (tertiary/aromatic N) is 2. The quantitative estimate of drug-likeness (QED) is 0.635. The Kier molecular flexibility index (Phi) is 5.98. The number of benzene rings is 3. The fraction of sp³-hybridized carbons (Fsp3) is 0.280. The first-order chi connectivity index (χ1) is 13.4. The van der Waals surface area contributed by atoms with Crippen LogP contribution in [0.25, 0.3) is 0 Å². The molecule has 3 aromatic rings. The fourth-order valence-electron chi connectivity index (χ4n) is 4.06. The van der Waals surface area contributed by atoms with E-state index in [0.717, 1.165) is 39.1 Å². The van der Waals surface area contributed by atoms with Crippen molar-refractivity contribution >= 4 is 0 Å². The van der Waals surface area contributed by atoms with Crippen LogP contribution in [0.4, 0.5) is 0 Å². The van der Waals surface area contributed by atoms with Crippen molar-refractivity contribution in [3.63, 3.8) is 0 Å². The molecule has 0 aromatic heterocycles. The van der Waals surface area contributed by atoms with E-state index in [2.05, 4.69) is 101 Å². The lowest BCUT2D eigenvalue weighted by atomic mass is 9.96. The Hall–Kier alpha value is -2.42. The van der Waals surface area contributed by atoms with E-state index in [1.165, 1.54) is 16.7 Å². The molecule has 0 amide bonds. The summed E-state index contributed by atoms with van der Waals surface area (Å²) in [5.74, 6) is 0. The summed E-state index contributed by atoms with van der Waals surface area (Å²) in [6.45, 7) is 5.66. The molecular formula is C25H28N2. The summed E-state index contributed by atoms with van der Waals surface area (Å²) >= 11 is 0. The zero-order chi connectivity index (χ0) is 18.3. The highest BCUT2D eigenvalue weighted by atomic mass is 15.3. The Balaban J connectivity index is 1.41. The Bertz CT molecular complexity index is 754. The summed E-state index contributed by atoms with van der Waals surface area (Å²) < 4.78 is 0. The minimum absolute atomic E-state index is 0.351. The van der Waals surface area contributed by atoms with E-state index in [1.54, 1.807) is 0 Å². The van der Waals surface area contributed by atoms with Gasteiger partial charge in [-0.2, -0.15) is 0 Å². The molecule has 2 nitrogen and oxygen atoms in total. The first-order valence-electron chi connectivity index (χ1n) is 10.0. The molecule has 0 atom stereocenters. The lowest BCUT2D eigenvalue weighted by Crippen LogP contribution is -2.48. The molecule has 0 spiro atoms. The Labute approximate surface area is 163 Å². The topological polar surface area (TPSA) is 6.48 Å². The smallest absolute Gasteiger partial charge is 0.0602 e. The molecule has 0 N–H and O–H groups in total. The lowest BCUT2D eigenvalue weighted by Gasteiger charge is -2.39. The van der Waals surface area contributed by atoms with E-state index in [1.807, 2.05) is 0 Å². The summed E-state index contributed by atoms with van der Waals surface area (Å²) in [5, 5.41) is 0. The molecular weight excluding hydrogens is 328 g/mol. The van der Waals surface area contributed by atoms with Gasteiger partial charge in [-0.3, -0.25) is 4.90 Å². The van der Waals surface area contributed by atoms with E-state index < -0.39 is 0 Å². The van der Waals surface area contributed by atoms with E-state index in [4.69, 9.17) is 0 Å². The van der Waals surface area contributed by atoms with Crippen LogP contribution in [0.1, 0.15) is 22.7 Å². The van der Waals surface area contributed by atoms with Gasteiger partial charge in [0.15, 0.2) is 0 Å². The molecule has 138 valence electrons. The highest BCUT2D eigenvalue weighted by Gasteiger charge is 2.26. The van der Waals surface area contributed by atoms with Crippen LogP contribution in [0.3, 0.4) is 0 Å². The summed E-state index contributed by atoms with van der Waals surface area (Å²) in [6.07, 6.45) is 1.14. The maximum absolute atomic E-state index is 2.64. The van der Waals surface area contributed by atoms with Gasteiger partial charge < -0.3 is 4.90 Å². The standard InChI is InChI=1S/C25H28N2/c1-4-10-22(11-5-1)16-17-26-18-20-27(21-19-26)25(23-12-6-2-7-13-23)24-14-8-3-9-15-24/h1-15,25H,16-21H2. The molecule has 1 fully saturated rings. The molecule has 0 aliphatic carbocycles. The predicted octanol–water partition coefficient (Wildman–Crippen LogP) is 4.64. The van der Waals surface area contributed by atoms with Crippen molar-refractivity contribution in [2.24, 2.45) is 0 Å². The summed E-state index contributed by atoms with van der Waals surface area (Å²) in [4.78, 5) is 5.25. The molecule has 4 rings (SSSR count). The van der Waals surface area contributed by atoms with Gasteiger partial charge in [0.1, 0.15) is 0 Å². The second-order valence-electron chi connectivity index (χ2n) is 7.34. The third-order valence-corrected chi connectivity index (χ3v) is 5.56. The highest BCUT2D eigenvalue weighted by molar-refractivity contribution is 5.32. The van der Waals surface area contributed by atoms with Crippen molar-refractivity contribution in [2.45, 2.75) is 12.5 Å². The number of piperazine rings is 1. The molecule has 2 heteroatoms. The zero-order valence-corrected chi connectivity index (χ0v) is 15.9. The molecule has 1 aliphatic rings. The molecule has 3 aromatic carbocycles. The van der Waals surface area contributed by atoms with Crippen LogP contribution in [0.5, 0.6) is 0 Å². The highest BCUT2D eigenvalue weighted by Crippen LogP contribution is 2.29. The fourth-order valence-corrected chi connectivity index (χ4v) is 4.06. The summed E-state index contributed by atoms with van der Waals surface area (Å²) in [7, 11) is 0. The van der Waals surface area contributed by atoms with Crippen molar-refractivity contribution < 1.29 is 0 Å². The maximum atomic E-state index is 2.64. The van der Waals surface area contributed by atoms with Gasteiger partial charge >= 0.3 is 0 Å². The number of rotatable bonds is 6.